The zero-order valence-electron chi connectivity index (χ0n) is 19.7. The second-order valence-electron chi connectivity index (χ2n) is 9.81. The van der Waals surface area contributed by atoms with Crippen LogP contribution in [0.4, 0.5) is 0 Å². The van der Waals surface area contributed by atoms with Gasteiger partial charge in [0.15, 0.2) is 0 Å². The Bertz CT molecular complexity index is 1010. The van der Waals surface area contributed by atoms with Crippen molar-refractivity contribution in [1.29, 1.82) is 0 Å². The Labute approximate surface area is 177 Å². The van der Waals surface area contributed by atoms with Crippen molar-refractivity contribution < 1.29 is 13.0 Å². The van der Waals surface area contributed by atoms with E-state index in [4.69, 9.17) is 0 Å². The summed E-state index contributed by atoms with van der Waals surface area (Å²) in [6.45, 7) is 21.3. The lowest BCUT2D eigenvalue weighted by Gasteiger charge is -2.31. The molecule has 4 heteroatoms. The van der Waals surface area contributed by atoms with Crippen LogP contribution in [0.2, 0.25) is 0 Å². The standard InChI is InChI=1S/C25H38O3S/c1-13(2)18-11-12-19-20(14(3)4)21(15(5)6)22(16(7)8)23(17(9)10)24(19)25(18)29(26,27)28/h11-17H,1-10H3,(H,26,27,28). The average Bonchev–Trinajstić information content (AvgIpc) is 2.56. The van der Waals surface area contributed by atoms with E-state index in [1.807, 2.05) is 19.9 Å². The Balaban J connectivity index is 3.42. The summed E-state index contributed by atoms with van der Waals surface area (Å²) in [5, 5.41) is 1.69. The molecule has 0 aliphatic carbocycles. The predicted molar refractivity (Wildman–Crippen MR) is 124 cm³/mol. The van der Waals surface area contributed by atoms with E-state index >= 15 is 0 Å². The van der Waals surface area contributed by atoms with Crippen LogP contribution in [0.1, 0.15) is 127 Å². The summed E-state index contributed by atoms with van der Waals surface area (Å²) in [5.41, 5.74) is 5.55. The first-order valence-corrected chi connectivity index (χ1v) is 12.3. The molecule has 0 bridgehead atoms. The minimum absolute atomic E-state index is 0.00823. The lowest BCUT2D eigenvalue weighted by Crippen LogP contribution is -2.15. The predicted octanol–water partition coefficient (Wildman–Crippen LogP) is 7.70. The Morgan fingerprint density at radius 2 is 1.03 bits per heavy atom. The van der Waals surface area contributed by atoms with Crippen LogP contribution in [-0.2, 0) is 10.1 Å². The SMILES string of the molecule is CC(C)c1ccc2c(C(C)C)c(C(C)C)c(C(C)C)c(C(C)C)c2c1S(=O)(=O)O. The van der Waals surface area contributed by atoms with Gasteiger partial charge in [-0.2, -0.15) is 8.42 Å². The molecule has 3 nitrogen and oxygen atoms in total. The normalized spacial score (nSPS) is 13.1. The van der Waals surface area contributed by atoms with Gasteiger partial charge in [-0.05, 0) is 62.8 Å². The fraction of sp³-hybridized carbons (Fsp3) is 0.600. The Hall–Kier alpha value is -1.39. The highest BCUT2D eigenvalue weighted by molar-refractivity contribution is 7.86. The lowest BCUT2D eigenvalue weighted by atomic mass is 9.74. The van der Waals surface area contributed by atoms with Crippen molar-refractivity contribution in [1.82, 2.24) is 0 Å². The quantitative estimate of drug-likeness (QED) is 0.489. The van der Waals surface area contributed by atoms with Gasteiger partial charge in [-0.25, -0.2) is 0 Å². The molecule has 0 atom stereocenters. The van der Waals surface area contributed by atoms with Crippen molar-refractivity contribution in [3.05, 3.63) is 39.9 Å². The van der Waals surface area contributed by atoms with Crippen LogP contribution < -0.4 is 0 Å². The maximum absolute atomic E-state index is 12.7. The van der Waals surface area contributed by atoms with Crippen LogP contribution in [-0.4, -0.2) is 13.0 Å². The Kier molecular flexibility index (Phi) is 6.91. The molecule has 0 amide bonds. The largest absolute Gasteiger partial charge is 0.295 e. The molecule has 0 unspecified atom stereocenters. The third kappa shape index (κ3) is 4.25. The van der Waals surface area contributed by atoms with Gasteiger partial charge in [-0.1, -0.05) is 81.4 Å². The first-order chi connectivity index (χ1) is 13.2. The fourth-order valence-electron chi connectivity index (χ4n) is 4.86. The molecule has 1 N–H and O–H groups in total. The van der Waals surface area contributed by atoms with E-state index < -0.39 is 10.1 Å². The molecule has 2 aromatic carbocycles. The van der Waals surface area contributed by atoms with E-state index in [9.17, 15) is 13.0 Å². The van der Waals surface area contributed by atoms with E-state index in [1.165, 1.54) is 16.7 Å². The maximum Gasteiger partial charge on any atom is 0.295 e. The number of rotatable bonds is 6. The van der Waals surface area contributed by atoms with Gasteiger partial charge in [0.2, 0.25) is 0 Å². The van der Waals surface area contributed by atoms with Crippen LogP contribution in [0.5, 0.6) is 0 Å². The number of fused-ring (bicyclic) bond motifs is 1. The highest BCUT2D eigenvalue weighted by atomic mass is 32.2. The van der Waals surface area contributed by atoms with Crippen LogP contribution in [0, 0.1) is 0 Å². The van der Waals surface area contributed by atoms with Gasteiger partial charge >= 0.3 is 0 Å². The summed E-state index contributed by atoms with van der Waals surface area (Å²) in [4.78, 5) is 0.104. The van der Waals surface area contributed by atoms with E-state index in [0.29, 0.717) is 11.5 Å². The van der Waals surface area contributed by atoms with Crippen molar-refractivity contribution in [3.8, 4) is 0 Å². The number of benzene rings is 2. The zero-order chi connectivity index (χ0) is 22.4. The van der Waals surface area contributed by atoms with Gasteiger partial charge in [-0.3, -0.25) is 4.55 Å². The van der Waals surface area contributed by atoms with Gasteiger partial charge in [0.05, 0.1) is 0 Å². The molecule has 0 spiro atoms. The number of hydrogen-bond donors (Lipinski definition) is 1. The molecule has 0 saturated carbocycles. The summed E-state index contributed by atoms with van der Waals surface area (Å²) < 4.78 is 35.7. The summed E-state index contributed by atoms with van der Waals surface area (Å²) in [6, 6.07) is 3.97. The molecule has 0 fully saturated rings. The smallest absolute Gasteiger partial charge is 0.282 e. The van der Waals surface area contributed by atoms with Crippen molar-refractivity contribution in [2.75, 3.05) is 0 Å². The summed E-state index contributed by atoms with van der Waals surface area (Å²) in [7, 11) is -4.38. The molecular formula is C25H38O3S. The maximum atomic E-state index is 12.7. The van der Waals surface area contributed by atoms with Crippen LogP contribution >= 0.6 is 0 Å². The number of hydrogen-bond acceptors (Lipinski definition) is 2. The van der Waals surface area contributed by atoms with Gasteiger partial charge in [0.25, 0.3) is 10.1 Å². The van der Waals surface area contributed by atoms with Crippen LogP contribution in [0.15, 0.2) is 17.0 Å². The molecule has 0 aliphatic heterocycles. The van der Waals surface area contributed by atoms with Gasteiger partial charge in [-0.15, -0.1) is 0 Å². The first-order valence-electron chi connectivity index (χ1n) is 10.8. The minimum Gasteiger partial charge on any atom is -0.282 e. The van der Waals surface area contributed by atoms with E-state index in [1.54, 1.807) is 0 Å². The highest BCUT2D eigenvalue weighted by Gasteiger charge is 2.31. The Morgan fingerprint density at radius 1 is 0.621 bits per heavy atom. The fourth-order valence-corrected chi connectivity index (χ4v) is 5.94. The molecule has 0 aliphatic rings. The highest BCUT2D eigenvalue weighted by Crippen LogP contribution is 2.47. The van der Waals surface area contributed by atoms with E-state index in [0.717, 1.165) is 16.3 Å². The van der Waals surface area contributed by atoms with Crippen molar-refractivity contribution in [2.45, 2.75) is 104 Å². The topological polar surface area (TPSA) is 54.4 Å². The minimum atomic E-state index is -4.38. The van der Waals surface area contributed by atoms with Crippen molar-refractivity contribution >= 4 is 20.9 Å². The van der Waals surface area contributed by atoms with Crippen LogP contribution in [0.25, 0.3) is 10.8 Å². The average molecular weight is 419 g/mol. The second kappa shape index (κ2) is 8.39. The van der Waals surface area contributed by atoms with E-state index in [-0.39, 0.29) is 28.6 Å². The molecule has 2 aromatic rings. The monoisotopic (exact) mass is 418 g/mol. The summed E-state index contributed by atoms with van der Waals surface area (Å²) >= 11 is 0. The summed E-state index contributed by atoms with van der Waals surface area (Å²) in [6.07, 6.45) is 0. The van der Waals surface area contributed by atoms with Gasteiger partial charge in [0, 0.05) is 5.39 Å². The molecule has 0 radical (unpaired) electrons. The second-order valence-corrected chi connectivity index (χ2v) is 11.2. The van der Waals surface area contributed by atoms with Crippen molar-refractivity contribution in [2.24, 2.45) is 0 Å². The lowest BCUT2D eigenvalue weighted by molar-refractivity contribution is 0.482. The molecule has 0 aromatic heterocycles. The van der Waals surface area contributed by atoms with Gasteiger partial charge in [0.1, 0.15) is 4.90 Å². The molecular weight excluding hydrogens is 380 g/mol. The van der Waals surface area contributed by atoms with Crippen LogP contribution in [0.3, 0.4) is 0 Å². The third-order valence-electron chi connectivity index (χ3n) is 5.81. The molecule has 0 heterocycles. The first kappa shape index (κ1) is 23.9. The van der Waals surface area contributed by atoms with E-state index in [2.05, 4.69) is 61.5 Å². The zero-order valence-corrected chi connectivity index (χ0v) is 20.5. The molecule has 29 heavy (non-hydrogen) atoms. The Morgan fingerprint density at radius 3 is 1.38 bits per heavy atom. The molecule has 0 saturated heterocycles. The third-order valence-corrected chi connectivity index (χ3v) is 6.76. The van der Waals surface area contributed by atoms with Gasteiger partial charge < -0.3 is 0 Å². The molecule has 162 valence electrons. The van der Waals surface area contributed by atoms with Crippen molar-refractivity contribution in [3.63, 3.8) is 0 Å². The molecule has 2 rings (SSSR count). The summed E-state index contributed by atoms with van der Waals surface area (Å²) in [5.74, 6) is 0.949.